The van der Waals surface area contributed by atoms with E-state index in [-0.39, 0.29) is 11.8 Å². The van der Waals surface area contributed by atoms with Gasteiger partial charge in [0.15, 0.2) is 11.5 Å². The van der Waals surface area contributed by atoms with Gasteiger partial charge in [-0.3, -0.25) is 9.89 Å². The van der Waals surface area contributed by atoms with E-state index in [1.165, 1.54) is 0 Å². The van der Waals surface area contributed by atoms with Gasteiger partial charge in [-0.1, -0.05) is 18.2 Å². The van der Waals surface area contributed by atoms with Gasteiger partial charge >= 0.3 is 0 Å². The highest BCUT2D eigenvalue weighted by molar-refractivity contribution is 6.04. The number of aromatic nitrogens is 6. The van der Waals surface area contributed by atoms with Crippen molar-refractivity contribution in [2.24, 2.45) is 7.05 Å². The molecule has 29 heavy (non-hydrogen) atoms. The summed E-state index contributed by atoms with van der Waals surface area (Å²) >= 11 is 0. The van der Waals surface area contributed by atoms with E-state index in [2.05, 4.69) is 20.2 Å². The SMILES string of the molecule is Cc1cc(-c2nccn2C)nc([C@@H]2CCN(C(=O)c3n[nH]c4ccccc34)C2)n1. The maximum Gasteiger partial charge on any atom is 0.275 e. The number of benzene rings is 1. The smallest absolute Gasteiger partial charge is 0.275 e. The summed E-state index contributed by atoms with van der Waals surface area (Å²) in [6, 6.07) is 9.63. The zero-order chi connectivity index (χ0) is 20.0. The number of carbonyl (C=O) groups is 1. The Morgan fingerprint density at radius 1 is 1.24 bits per heavy atom. The van der Waals surface area contributed by atoms with E-state index in [9.17, 15) is 4.79 Å². The monoisotopic (exact) mass is 387 g/mol. The lowest BCUT2D eigenvalue weighted by atomic mass is 10.1. The Hall–Kier alpha value is -3.55. The van der Waals surface area contributed by atoms with Crippen LogP contribution in [0.1, 0.15) is 34.3 Å². The molecule has 1 N–H and O–H groups in total. The van der Waals surface area contributed by atoms with Crippen molar-refractivity contribution >= 4 is 16.8 Å². The van der Waals surface area contributed by atoms with Crippen LogP contribution in [0.5, 0.6) is 0 Å². The third kappa shape index (κ3) is 3.06. The first kappa shape index (κ1) is 17.5. The van der Waals surface area contributed by atoms with Crippen molar-refractivity contribution in [3.63, 3.8) is 0 Å². The number of nitrogens with zero attached hydrogens (tertiary/aromatic N) is 6. The molecule has 8 heteroatoms. The average Bonchev–Trinajstić information content (AvgIpc) is 3.46. The predicted octanol–water partition coefficient (Wildman–Crippen LogP) is 2.69. The second-order valence-corrected chi connectivity index (χ2v) is 7.47. The average molecular weight is 387 g/mol. The second-order valence-electron chi connectivity index (χ2n) is 7.47. The van der Waals surface area contributed by atoms with Gasteiger partial charge in [0.25, 0.3) is 5.91 Å². The lowest BCUT2D eigenvalue weighted by Crippen LogP contribution is -2.29. The molecule has 0 spiro atoms. The van der Waals surface area contributed by atoms with Crippen molar-refractivity contribution in [2.75, 3.05) is 13.1 Å². The standard InChI is InChI=1S/C21H21N7O/c1-13-11-17(20-22-8-10-27(20)2)24-19(23-13)14-7-9-28(12-14)21(29)18-15-5-3-4-6-16(15)25-26-18/h3-6,8,10-11,14H,7,9,12H2,1-2H3,(H,25,26)/t14-/m1/s1. The summed E-state index contributed by atoms with van der Waals surface area (Å²) in [7, 11) is 1.95. The van der Waals surface area contributed by atoms with Gasteiger partial charge in [-0.25, -0.2) is 15.0 Å². The van der Waals surface area contributed by atoms with E-state index in [1.807, 2.05) is 60.0 Å². The minimum absolute atomic E-state index is 0.0538. The number of imidazole rings is 1. The Balaban J connectivity index is 1.40. The van der Waals surface area contributed by atoms with E-state index in [1.54, 1.807) is 6.20 Å². The maximum atomic E-state index is 13.1. The highest BCUT2D eigenvalue weighted by atomic mass is 16.2. The number of amides is 1. The summed E-state index contributed by atoms with van der Waals surface area (Å²) in [5, 5.41) is 8.04. The molecule has 0 unspecified atom stereocenters. The molecule has 1 aliphatic rings. The molecule has 5 rings (SSSR count). The highest BCUT2D eigenvalue weighted by Crippen LogP contribution is 2.28. The van der Waals surface area contributed by atoms with Gasteiger partial charge in [0.05, 0.1) is 5.52 Å². The fourth-order valence-corrected chi connectivity index (χ4v) is 3.93. The summed E-state index contributed by atoms with van der Waals surface area (Å²) in [4.78, 5) is 28.7. The van der Waals surface area contributed by atoms with Gasteiger partial charge < -0.3 is 9.47 Å². The molecule has 0 saturated carbocycles. The van der Waals surface area contributed by atoms with E-state index < -0.39 is 0 Å². The van der Waals surface area contributed by atoms with Gasteiger partial charge in [-0.15, -0.1) is 0 Å². The number of likely N-dealkylation sites (tertiary alicyclic amines) is 1. The van der Waals surface area contributed by atoms with Crippen molar-refractivity contribution in [3.05, 3.63) is 59.9 Å². The number of aryl methyl sites for hydroxylation is 2. The van der Waals surface area contributed by atoms with Crippen LogP contribution in [0.3, 0.4) is 0 Å². The van der Waals surface area contributed by atoms with Crippen molar-refractivity contribution in [2.45, 2.75) is 19.3 Å². The Morgan fingerprint density at radius 3 is 2.93 bits per heavy atom. The second kappa shape index (κ2) is 6.80. The van der Waals surface area contributed by atoms with Crippen molar-refractivity contribution in [1.29, 1.82) is 0 Å². The number of rotatable bonds is 3. The van der Waals surface area contributed by atoms with Crippen LogP contribution in [0.2, 0.25) is 0 Å². The van der Waals surface area contributed by atoms with Crippen molar-refractivity contribution in [3.8, 4) is 11.5 Å². The molecular weight excluding hydrogens is 366 g/mol. The van der Waals surface area contributed by atoms with Crippen LogP contribution in [0.25, 0.3) is 22.4 Å². The fourth-order valence-electron chi connectivity index (χ4n) is 3.93. The molecule has 4 heterocycles. The molecule has 0 radical (unpaired) electrons. The third-order valence-corrected chi connectivity index (χ3v) is 5.44. The number of hydrogen-bond donors (Lipinski definition) is 1. The lowest BCUT2D eigenvalue weighted by Gasteiger charge is -2.15. The summed E-state index contributed by atoms with van der Waals surface area (Å²) in [6.45, 7) is 3.22. The third-order valence-electron chi connectivity index (χ3n) is 5.44. The number of nitrogens with one attached hydrogen (secondary N) is 1. The number of para-hydroxylation sites is 1. The molecule has 4 aromatic rings. The largest absolute Gasteiger partial charge is 0.336 e. The fraction of sp³-hybridized carbons (Fsp3) is 0.286. The van der Waals surface area contributed by atoms with Crippen molar-refractivity contribution < 1.29 is 4.79 Å². The number of carbonyl (C=O) groups excluding carboxylic acids is 1. The predicted molar refractivity (Wildman–Crippen MR) is 108 cm³/mol. The summed E-state index contributed by atoms with van der Waals surface area (Å²) in [5.41, 5.74) is 3.05. The topological polar surface area (TPSA) is 92.6 Å². The first-order valence-electron chi connectivity index (χ1n) is 9.66. The first-order valence-corrected chi connectivity index (χ1v) is 9.66. The normalized spacial score (nSPS) is 16.6. The summed E-state index contributed by atoms with van der Waals surface area (Å²) < 4.78 is 1.94. The highest BCUT2D eigenvalue weighted by Gasteiger charge is 2.31. The zero-order valence-corrected chi connectivity index (χ0v) is 16.3. The molecule has 1 saturated heterocycles. The molecule has 0 aliphatic carbocycles. The molecule has 3 aromatic heterocycles. The number of H-pyrrole nitrogens is 1. The minimum atomic E-state index is -0.0538. The molecule has 146 valence electrons. The van der Waals surface area contributed by atoms with Crippen LogP contribution in [0, 0.1) is 6.92 Å². The zero-order valence-electron chi connectivity index (χ0n) is 16.3. The lowest BCUT2D eigenvalue weighted by molar-refractivity contribution is 0.0786. The Kier molecular flexibility index (Phi) is 4.12. The van der Waals surface area contributed by atoms with Crippen LogP contribution < -0.4 is 0 Å². The molecule has 8 nitrogen and oxygen atoms in total. The molecule has 1 atom stereocenters. The number of fused-ring (bicyclic) bond motifs is 1. The molecule has 1 aliphatic heterocycles. The molecule has 1 fully saturated rings. The quantitative estimate of drug-likeness (QED) is 0.583. The first-order chi connectivity index (χ1) is 14.1. The van der Waals surface area contributed by atoms with Crippen molar-refractivity contribution in [1.82, 2.24) is 34.6 Å². The number of hydrogen-bond acceptors (Lipinski definition) is 5. The molecule has 0 bridgehead atoms. The maximum absolute atomic E-state index is 13.1. The van der Waals surface area contributed by atoms with E-state index >= 15 is 0 Å². The molecule has 1 amide bonds. The van der Waals surface area contributed by atoms with Crippen LogP contribution in [-0.4, -0.2) is 53.6 Å². The van der Waals surface area contributed by atoms with E-state index in [0.717, 1.165) is 40.4 Å². The Bertz CT molecular complexity index is 1210. The van der Waals surface area contributed by atoms with Gasteiger partial charge in [-0.2, -0.15) is 5.10 Å². The van der Waals surface area contributed by atoms with E-state index in [0.29, 0.717) is 18.8 Å². The van der Waals surface area contributed by atoms with Gasteiger partial charge in [0.2, 0.25) is 0 Å². The van der Waals surface area contributed by atoms with E-state index in [4.69, 9.17) is 4.98 Å². The summed E-state index contributed by atoms with van der Waals surface area (Å²) in [5.74, 6) is 1.63. The van der Waals surface area contributed by atoms with Crippen LogP contribution in [-0.2, 0) is 7.05 Å². The van der Waals surface area contributed by atoms with Gasteiger partial charge in [0.1, 0.15) is 11.5 Å². The van der Waals surface area contributed by atoms with Crippen LogP contribution in [0.4, 0.5) is 0 Å². The molecule has 1 aromatic carbocycles. The summed E-state index contributed by atoms with van der Waals surface area (Å²) in [6.07, 6.45) is 4.49. The molecular formula is C21H21N7O. The van der Waals surface area contributed by atoms with Crippen LogP contribution >= 0.6 is 0 Å². The Labute approximate surface area is 167 Å². The number of aromatic amines is 1. The van der Waals surface area contributed by atoms with Gasteiger partial charge in [0, 0.05) is 49.5 Å². The van der Waals surface area contributed by atoms with Gasteiger partial charge in [-0.05, 0) is 25.5 Å². The van der Waals surface area contributed by atoms with Crippen LogP contribution in [0.15, 0.2) is 42.7 Å². The Morgan fingerprint density at radius 2 is 2.10 bits per heavy atom. The minimum Gasteiger partial charge on any atom is -0.336 e.